The molecule has 0 heterocycles. The molecule has 0 amide bonds. The van der Waals surface area contributed by atoms with Gasteiger partial charge in [0.1, 0.15) is 13.2 Å². The summed E-state index contributed by atoms with van der Waals surface area (Å²) in [6, 6.07) is 0. The monoisotopic (exact) mass is 1300 g/mol. The Bertz CT molecular complexity index is 1950. The zero-order chi connectivity index (χ0) is 67.5. The number of carboxylic acid groups (broad SMARTS) is 1. The Hall–Kier alpha value is -4.31. The van der Waals surface area contributed by atoms with Crippen LogP contribution >= 0.6 is 0 Å². The van der Waals surface area contributed by atoms with E-state index in [0.29, 0.717) is 23.9 Å². The molecule has 1 N–H and O–H groups in total. The average molecular weight is 1300 g/mol. The Morgan fingerprint density at radius 1 is 0.333 bits per heavy atom. The van der Waals surface area contributed by atoms with Crippen LogP contribution in [-0.4, -0.2) is 87.4 Å². The first-order chi connectivity index (χ1) is 45.6. The third-order valence-electron chi connectivity index (χ3n) is 16.7. The molecule has 0 aliphatic carbocycles. The van der Waals surface area contributed by atoms with Gasteiger partial charge in [0.05, 0.1) is 34.4 Å². The molecule has 2 unspecified atom stereocenters. The molecule has 0 saturated carbocycles. The van der Waals surface area contributed by atoms with E-state index in [1.165, 1.54) is 205 Å². The Labute approximate surface area is 574 Å². The van der Waals surface area contributed by atoms with Gasteiger partial charge in [-0.25, -0.2) is 4.79 Å². The maximum Gasteiger partial charge on any atom is 0.361 e. The minimum Gasteiger partial charge on any atom is -0.477 e. The molecule has 9 nitrogen and oxygen atoms in total. The zero-order valence-electron chi connectivity index (χ0n) is 61.1. The van der Waals surface area contributed by atoms with Gasteiger partial charge in [-0.1, -0.05) is 334 Å². The van der Waals surface area contributed by atoms with Gasteiger partial charge in [-0.05, 0) is 109 Å². The standard InChI is InChI=1S/C84H145NO8/c1-6-8-10-12-14-16-18-20-22-24-26-28-30-32-34-36-38-39-40-41-42-43-45-46-48-50-52-54-56-58-60-62-64-66-68-70-72-74-81(86)91-78-80(79-92-84(83(88)89)90-77-76-85(3,4)5)93-82(87)75-73-71-69-67-65-63-61-59-57-55-53-51-49-47-44-37-35-33-31-29-27-25-23-21-19-17-15-13-11-9-7-2/h9,11,15,17,21,23-24,26-27,29,33,35,44,47,51,53,57,59,63,65,80,84H,6-8,10,12-14,16,18-20,22,25,28,30-32,34,36-43,45-46,48-50,52,54-56,58,60-62,64,66-79H2,1-5H3/p+1/b11-9-,17-15-,23-21-,26-24-,29-27-,35-33-,47-44-,53-51-,59-57-,65-63-. The summed E-state index contributed by atoms with van der Waals surface area (Å²) in [5.74, 6) is -2.05. The van der Waals surface area contributed by atoms with Crippen molar-refractivity contribution in [3.63, 3.8) is 0 Å². The summed E-state index contributed by atoms with van der Waals surface area (Å²) < 4.78 is 23.0. The number of likely N-dealkylation sites (N-methyl/N-ethyl adjacent to an activating group) is 1. The molecular weight excluding hydrogens is 1150 g/mol. The molecule has 2 atom stereocenters. The quantitative estimate of drug-likeness (QED) is 0.0211. The number of ether oxygens (including phenoxy) is 4. The summed E-state index contributed by atoms with van der Waals surface area (Å²) in [4.78, 5) is 37.7. The zero-order valence-corrected chi connectivity index (χ0v) is 61.1. The predicted molar refractivity (Wildman–Crippen MR) is 401 cm³/mol. The van der Waals surface area contributed by atoms with E-state index in [-0.39, 0.29) is 32.2 Å². The predicted octanol–water partition coefficient (Wildman–Crippen LogP) is 24.7. The lowest BCUT2D eigenvalue weighted by Crippen LogP contribution is -2.40. The third kappa shape index (κ3) is 74.9. The third-order valence-corrected chi connectivity index (χ3v) is 16.7. The second-order valence-corrected chi connectivity index (χ2v) is 26.9. The van der Waals surface area contributed by atoms with Crippen molar-refractivity contribution in [2.24, 2.45) is 0 Å². The summed E-state index contributed by atoms with van der Waals surface area (Å²) in [6.07, 6.45) is 102. The molecule has 9 heteroatoms. The van der Waals surface area contributed by atoms with Crippen LogP contribution in [0.2, 0.25) is 0 Å². The van der Waals surface area contributed by atoms with E-state index in [0.717, 1.165) is 96.3 Å². The van der Waals surface area contributed by atoms with E-state index in [4.69, 9.17) is 18.9 Å². The van der Waals surface area contributed by atoms with Gasteiger partial charge in [0, 0.05) is 12.8 Å². The van der Waals surface area contributed by atoms with Crippen LogP contribution in [0.25, 0.3) is 0 Å². The average Bonchev–Trinajstić information content (AvgIpc) is 3.38. The van der Waals surface area contributed by atoms with Gasteiger partial charge in [-0.2, -0.15) is 0 Å². The van der Waals surface area contributed by atoms with Crippen LogP contribution in [-0.2, 0) is 33.3 Å². The van der Waals surface area contributed by atoms with Gasteiger partial charge in [0.25, 0.3) is 6.29 Å². The first kappa shape index (κ1) is 88.7. The van der Waals surface area contributed by atoms with Crippen molar-refractivity contribution < 1.29 is 42.9 Å². The number of aliphatic carboxylic acids is 1. The molecule has 93 heavy (non-hydrogen) atoms. The minimum atomic E-state index is -1.53. The van der Waals surface area contributed by atoms with E-state index in [1.54, 1.807) is 0 Å². The van der Waals surface area contributed by atoms with Crippen LogP contribution in [0.3, 0.4) is 0 Å². The second-order valence-electron chi connectivity index (χ2n) is 26.9. The van der Waals surface area contributed by atoms with Crippen LogP contribution in [0.4, 0.5) is 0 Å². The van der Waals surface area contributed by atoms with Crippen molar-refractivity contribution >= 4 is 17.9 Å². The first-order valence-corrected chi connectivity index (χ1v) is 38.7. The highest BCUT2D eigenvalue weighted by Crippen LogP contribution is 2.18. The summed E-state index contributed by atoms with van der Waals surface area (Å²) in [5, 5.41) is 9.76. The molecule has 0 saturated heterocycles. The van der Waals surface area contributed by atoms with Gasteiger partial charge in [-0.3, -0.25) is 9.59 Å². The number of allylic oxidation sites excluding steroid dienone is 20. The summed E-state index contributed by atoms with van der Waals surface area (Å²) in [5.41, 5.74) is 0. The van der Waals surface area contributed by atoms with E-state index in [9.17, 15) is 19.5 Å². The molecule has 0 fully saturated rings. The molecule has 0 aliphatic rings. The maximum absolute atomic E-state index is 13.0. The molecule has 0 aromatic carbocycles. The number of hydrogen-bond acceptors (Lipinski definition) is 7. The highest BCUT2D eigenvalue weighted by molar-refractivity contribution is 5.71. The van der Waals surface area contributed by atoms with Crippen LogP contribution < -0.4 is 0 Å². The molecule has 0 aliphatic heterocycles. The van der Waals surface area contributed by atoms with Gasteiger partial charge < -0.3 is 28.5 Å². The highest BCUT2D eigenvalue weighted by Gasteiger charge is 2.25. The molecule has 0 rings (SSSR count). The lowest BCUT2D eigenvalue weighted by molar-refractivity contribution is -0.870. The number of hydrogen-bond donors (Lipinski definition) is 1. The summed E-state index contributed by atoms with van der Waals surface area (Å²) in [6.45, 7) is 4.75. The van der Waals surface area contributed by atoms with Gasteiger partial charge in [0.15, 0.2) is 6.10 Å². The number of esters is 2. The topological polar surface area (TPSA) is 108 Å². The van der Waals surface area contributed by atoms with Gasteiger partial charge in [0.2, 0.25) is 0 Å². The largest absolute Gasteiger partial charge is 0.477 e. The lowest BCUT2D eigenvalue weighted by Gasteiger charge is -2.25. The Morgan fingerprint density at radius 2 is 0.613 bits per heavy atom. The van der Waals surface area contributed by atoms with Crippen molar-refractivity contribution in [2.45, 2.75) is 347 Å². The molecule has 0 bridgehead atoms. The van der Waals surface area contributed by atoms with E-state index in [1.807, 2.05) is 21.1 Å². The van der Waals surface area contributed by atoms with Crippen LogP contribution in [0, 0.1) is 0 Å². The molecule has 0 aromatic heterocycles. The minimum absolute atomic E-state index is 0.176. The van der Waals surface area contributed by atoms with Gasteiger partial charge in [-0.15, -0.1) is 0 Å². The summed E-state index contributed by atoms with van der Waals surface area (Å²) in [7, 11) is 5.97. The maximum atomic E-state index is 13.0. The molecule has 534 valence electrons. The van der Waals surface area contributed by atoms with Crippen LogP contribution in [0.5, 0.6) is 0 Å². The molecule has 0 spiro atoms. The Kier molecular flexibility index (Phi) is 70.1. The molecular formula is C84H146NO8+. The van der Waals surface area contributed by atoms with Crippen molar-refractivity contribution in [1.82, 2.24) is 0 Å². The van der Waals surface area contributed by atoms with E-state index in [2.05, 4.69) is 135 Å². The van der Waals surface area contributed by atoms with E-state index < -0.39 is 24.3 Å². The van der Waals surface area contributed by atoms with Crippen molar-refractivity contribution in [2.75, 3.05) is 47.5 Å². The number of unbranched alkanes of at least 4 members (excludes halogenated alkanes) is 36. The molecule has 0 radical (unpaired) electrons. The number of carbonyl (C=O) groups excluding carboxylic acids is 2. The van der Waals surface area contributed by atoms with Crippen LogP contribution in [0.1, 0.15) is 335 Å². The first-order valence-electron chi connectivity index (χ1n) is 38.7. The Morgan fingerprint density at radius 3 is 0.935 bits per heavy atom. The van der Waals surface area contributed by atoms with E-state index >= 15 is 0 Å². The number of rotatable bonds is 71. The normalized spacial score (nSPS) is 13.3. The number of carboxylic acids is 1. The van der Waals surface area contributed by atoms with Crippen LogP contribution in [0.15, 0.2) is 122 Å². The van der Waals surface area contributed by atoms with Crippen molar-refractivity contribution in [3.05, 3.63) is 122 Å². The highest BCUT2D eigenvalue weighted by atomic mass is 16.7. The fraction of sp³-hybridized carbons (Fsp3) is 0.726. The number of nitrogens with zero attached hydrogens (tertiary/aromatic N) is 1. The summed E-state index contributed by atoms with van der Waals surface area (Å²) >= 11 is 0. The van der Waals surface area contributed by atoms with Gasteiger partial charge >= 0.3 is 17.9 Å². The smallest absolute Gasteiger partial charge is 0.361 e. The lowest BCUT2D eigenvalue weighted by atomic mass is 10.0. The fourth-order valence-corrected chi connectivity index (χ4v) is 10.8. The number of carbonyl (C=O) groups is 3. The second kappa shape index (κ2) is 73.5. The number of quaternary nitrogens is 1. The Balaban J connectivity index is 4.10. The fourth-order valence-electron chi connectivity index (χ4n) is 10.8. The van der Waals surface area contributed by atoms with Crippen molar-refractivity contribution in [3.8, 4) is 0 Å². The SMILES string of the molecule is CC/C=C\C/C=C\C/C=C\C/C=C\C/C=C\C/C=C\C/C=C\C/C=C\C/C=C\CCCCCC(=O)OC(COC(=O)CCCCCCCCCCCCCCCCCCCCCCCCCCC/C=C\CCCCCCCCCC)COC(OCC[N+](C)(C)C)C(=O)O. The molecule has 0 aromatic rings. The van der Waals surface area contributed by atoms with Crippen molar-refractivity contribution in [1.29, 1.82) is 0 Å².